The first kappa shape index (κ1) is 19.3. The van der Waals surface area contributed by atoms with Crippen molar-refractivity contribution in [1.82, 2.24) is 10.2 Å². The van der Waals surface area contributed by atoms with E-state index in [0.29, 0.717) is 31.8 Å². The number of carbonyl (C=O) groups is 1. The van der Waals surface area contributed by atoms with E-state index in [2.05, 4.69) is 5.32 Å². The number of nitro groups is 1. The highest BCUT2D eigenvalue weighted by Gasteiger charge is 2.33. The van der Waals surface area contributed by atoms with Gasteiger partial charge in [0, 0.05) is 31.6 Å². The summed E-state index contributed by atoms with van der Waals surface area (Å²) in [6.07, 6.45) is 0.977. The number of hydrogen-bond acceptors (Lipinski definition) is 5. The van der Waals surface area contributed by atoms with Crippen LogP contribution in [0.2, 0.25) is 0 Å². The summed E-state index contributed by atoms with van der Waals surface area (Å²) in [5, 5.41) is 22.2. The molecule has 8 nitrogen and oxygen atoms in total. The maximum atomic E-state index is 12.3. The lowest BCUT2D eigenvalue weighted by atomic mass is 10.1. The molecule has 1 saturated heterocycles. The Labute approximate surface area is 162 Å². The average Bonchev–Trinajstić information content (AvgIpc) is 3.07. The minimum absolute atomic E-state index is 0.0145. The standard InChI is InChI=1S/C20H22N4O4/c1-28-17-8-4-14(5-9-17)12-22-20(21)18-10-11-19(25)23(18)13-15-2-6-16(7-3-15)24(26)27/h2-9,18H,10-13H2,1H3,(H2,21,22). The Balaban J connectivity index is 1.61. The molecule has 0 aliphatic carbocycles. The summed E-state index contributed by atoms with van der Waals surface area (Å²) >= 11 is 0. The quantitative estimate of drug-likeness (QED) is 0.331. The Kier molecular flexibility index (Phi) is 5.88. The van der Waals surface area contributed by atoms with E-state index in [1.165, 1.54) is 12.1 Å². The molecule has 1 atom stereocenters. The first-order valence-corrected chi connectivity index (χ1v) is 8.96. The van der Waals surface area contributed by atoms with Crippen molar-refractivity contribution in [2.75, 3.05) is 7.11 Å². The summed E-state index contributed by atoms with van der Waals surface area (Å²) in [5.74, 6) is 1.05. The zero-order valence-corrected chi connectivity index (χ0v) is 15.6. The van der Waals surface area contributed by atoms with Gasteiger partial charge in [-0.05, 0) is 29.7 Å². The molecule has 28 heavy (non-hydrogen) atoms. The summed E-state index contributed by atoms with van der Waals surface area (Å²) in [7, 11) is 1.61. The maximum absolute atomic E-state index is 12.3. The van der Waals surface area contributed by atoms with E-state index in [-0.39, 0.29) is 17.6 Å². The van der Waals surface area contributed by atoms with Crippen LogP contribution in [0.25, 0.3) is 0 Å². The lowest BCUT2D eigenvalue weighted by molar-refractivity contribution is -0.384. The molecule has 3 rings (SSSR count). The molecule has 0 aromatic heterocycles. The second kappa shape index (κ2) is 8.51. The molecule has 0 radical (unpaired) electrons. The minimum Gasteiger partial charge on any atom is -0.497 e. The van der Waals surface area contributed by atoms with Gasteiger partial charge in [-0.15, -0.1) is 0 Å². The molecule has 2 N–H and O–H groups in total. The van der Waals surface area contributed by atoms with Gasteiger partial charge in [0.05, 0.1) is 18.1 Å². The third-order valence-electron chi connectivity index (χ3n) is 4.80. The molecule has 1 unspecified atom stereocenters. The van der Waals surface area contributed by atoms with Crippen molar-refractivity contribution < 1.29 is 14.5 Å². The predicted molar refractivity (Wildman–Crippen MR) is 104 cm³/mol. The second-order valence-corrected chi connectivity index (χ2v) is 6.61. The van der Waals surface area contributed by atoms with Crippen LogP contribution < -0.4 is 10.1 Å². The van der Waals surface area contributed by atoms with Crippen molar-refractivity contribution in [1.29, 1.82) is 5.41 Å². The molecular formula is C20H22N4O4. The van der Waals surface area contributed by atoms with Crippen molar-refractivity contribution in [3.8, 4) is 5.75 Å². The molecule has 1 aliphatic rings. The number of amides is 1. The van der Waals surface area contributed by atoms with Gasteiger partial charge in [0.2, 0.25) is 5.91 Å². The van der Waals surface area contributed by atoms with E-state index in [9.17, 15) is 14.9 Å². The van der Waals surface area contributed by atoms with Crippen LogP contribution >= 0.6 is 0 Å². The van der Waals surface area contributed by atoms with E-state index in [1.54, 1.807) is 24.1 Å². The Hall–Kier alpha value is -3.42. The number of ether oxygens (including phenoxy) is 1. The van der Waals surface area contributed by atoms with E-state index in [1.807, 2.05) is 24.3 Å². The number of nitro benzene ring substituents is 1. The average molecular weight is 382 g/mol. The zero-order chi connectivity index (χ0) is 20.1. The fraction of sp³-hybridized carbons (Fsp3) is 0.300. The van der Waals surface area contributed by atoms with Gasteiger partial charge in [0.15, 0.2) is 0 Å². The van der Waals surface area contributed by atoms with Gasteiger partial charge in [-0.3, -0.25) is 20.3 Å². The Morgan fingerprint density at radius 1 is 1.21 bits per heavy atom. The fourth-order valence-corrected chi connectivity index (χ4v) is 3.21. The van der Waals surface area contributed by atoms with Gasteiger partial charge >= 0.3 is 0 Å². The fourth-order valence-electron chi connectivity index (χ4n) is 3.21. The van der Waals surface area contributed by atoms with Gasteiger partial charge in [-0.1, -0.05) is 24.3 Å². The molecule has 0 saturated carbocycles. The third kappa shape index (κ3) is 4.46. The zero-order valence-electron chi connectivity index (χ0n) is 15.6. The van der Waals surface area contributed by atoms with Gasteiger partial charge in [-0.2, -0.15) is 0 Å². The third-order valence-corrected chi connectivity index (χ3v) is 4.80. The second-order valence-electron chi connectivity index (χ2n) is 6.61. The highest BCUT2D eigenvalue weighted by atomic mass is 16.6. The summed E-state index contributed by atoms with van der Waals surface area (Å²) in [6, 6.07) is 13.4. The van der Waals surface area contributed by atoms with Crippen LogP contribution in [0.5, 0.6) is 5.75 Å². The molecule has 0 bridgehead atoms. The SMILES string of the molecule is COc1ccc(CNC(=N)C2CCC(=O)N2Cc2ccc([N+](=O)[O-])cc2)cc1. The van der Waals surface area contributed by atoms with Crippen molar-refractivity contribution in [2.45, 2.75) is 32.0 Å². The van der Waals surface area contributed by atoms with E-state index in [4.69, 9.17) is 10.1 Å². The van der Waals surface area contributed by atoms with Crippen LogP contribution in [0.1, 0.15) is 24.0 Å². The Bertz CT molecular complexity index is 865. The van der Waals surface area contributed by atoms with Crippen LogP contribution in [-0.4, -0.2) is 34.7 Å². The molecule has 8 heteroatoms. The van der Waals surface area contributed by atoms with Crippen LogP contribution in [0.4, 0.5) is 5.69 Å². The molecule has 1 heterocycles. The van der Waals surface area contributed by atoms with Crippen LogP contribution in [0.3, 0.4) is 0 Å². The number of likely N-dealkylation sites (tertiary alicyclic amines) is 1. The van der Waals surface area contributed by atoms with Gasteiger partial charge < -0.3 is 15.0 Å². The number of hydrogen-bond donors (Lipinski definition) is 2. The first-order chi connectivity index (χ1) is 13.5. The van der Waals surface area contributed by atoms with E-state index >= 15 is 0 Å². The number of methoxy groups -OCH3 is 1. The van der Waals surface area contributed by atoms with Crippen LogP contribution in [-0.2, 0) is 17.9 Å². The summed E-state index contributed by atoms with van der Waals surface area (Å²) in [5.41, 5.74) is 1.83. The molecular weight excluding hydrogens is 360 g/mol. The number of rotatable bonds is 7. The number of nitrogens with one attached hydrogen (secondary N) is 2. The summed E-state index contributed by atoms with van der Waals surface area (Å²) < 4.78 is 5.13. The van der Waals surface area contributed by atoms with Crippen molar-refractivity contribution in [2.24, 2.45) is 0 Å². The highest BCUT2D eigenvalue weighted by molar-refractivity contribution is 5.92. The first-order valence-electron chi connectivity index (χ1n) is 8.96. The molecule has 0 spiro atoms. The van der Waals surface area contributed by atoms with Crippen molar-refractivity contribution in [3.63, 3.8) is 0 Å². The minimum atomic E-state index is -0.452. The number of benzene rings is 2. The topological polar surface area (TPSA) is 109 Å². The molecule has 146 valence electrons. The van der Waals surface area contributed by atoms with Crippen molar-refractivity contribution >= 4 is 17.4 Å². The lowest BCUT2D eigenvalue weighted by Gasteiger charge is -2.26. The smallest absolute Gasteiger partial charge is 0.269 e. The van der Waals surface area contributed by atoms with E-state index < -0.39 is 4.92 Å². The number of non-ortho nitro benzene ring substituents is 1. The summed E-state index contributed by atoms with van der Waals surface area (Å²) in [6.45, 7) is 0.812. The molecule has 1 aliphatic heterocycles. The van der Waals surface area contributed by atoms with Gasteiger partial charge in [0.25, 0.3) is 5.69 Å². The molecule has 1 amide bonds. The molecule has 1 fully saturated rings. The monoisotopic (exact) mass is 382 g/mol. The molecule has 2 aromatic rings. The maximum Gasteiger partial charge on any atom is 0.269 e. The Morgan fingerprint density at radius 2 is 1.86 bits per heavy atom. The largest absolute Gasteiger partial charge is 0.497 e. The van der Waals surface area contributed by atoms with Gasteiger partial charge in [-0.25, -0.2) is 0 Å². The van der Waals surface area contributed by atoms with E-state index in [0.717, 1.165) is 16.9 Å². The predicted octanol–water partition coefficient (Wildman–Crippen LogP) is 2.86. The lowest BCUT2D eigenvalue weighted by Crippen LogP contribution is -2.43. The summed E-state index contributed by atoms with van der Waals surface area (Å²) in [4.78, 5) is 24.3. The number of nitrogens with zero attached hydrogens (tertiary/aromatic N) is 2. The van der Waals surface area contributed by atoms with Crippen molar-refractivity contribution in [3.05, 3.63) is 69.8 Å². The van der Waals surface area contributed by atoms with Crippen LogP contribution in [0.15, 0.2) is 48.5 Å². The van der Waals surface area contributed by atoms with Gasteiger partial charge in [0.1, 0.15) is 11.6 Å². The van der Waals surface area contributed by atoms with Crippen LogP contribution in [0, 0.1) is 15.5 Å². The number of carbonyl (C=O) groups excluding carboxylic acids is 1. The normalized spacial score (nSPS) is 16.1. The highest BCUT2D eigenvalue weighted by Crippen LogP contribution is 2.23. The Morgan fingerprint density at radius 3 is 2.46 bits per heavy atom. The molecule has 2 aromatic carbocycles. The number of amidine groups is 1.